The van der Waals surface area contributed by atoms with E-state index < -0.39 is 5.41 Å². The Hall–Kier alpha value is -3.10. The number of aryl methyl sites for hydroxylation is 1. The lowest BCUT2D eigenvalue weighted by molar-refractivity contribution is -0.127. The molecule has 0 aliphatic carbocycles. The Labute approximate surface area is 190 Å². The van der Waals surface area contributed by atoms with Crippen molar-refractivity contribution >= 4 is 17.7 Å². The van der Waals surface area contributed by atoms with Gasteiger partial charge in [-0.2, -0.15) is 9.78 Å². The largest absolute Gasteiger partial charge is 0.381 e. The van der Waals surface area contributed by atoms with Gasteiger partial charge in [0.2, 0.25) is 5.91 Å². The molecule has 0 atom stereocenters. The molecule has 0 radical (unpaired) electrons. The fourth-order valence-corrected chi connectivity index (χ4v) is 4.92. The van der Waals surface area contributed by atoms with Crippen LogP contribution in [0.2, 0.25) is 0 Å². The van der Waals surface area contributed by atoms with Crippen molar-refractivity contribution in [3.05, 3.63) is 83.1 Å². The molecule has 1 aliphatic rings. The molecule has 3 aromatic rings. The number of carbonyl (C=O) groups is 1. The van der Waals surface area contributed by atoms with Gasteiger partial charge in [-0.1, -0.05) is 30.0 Å². The van der Waals surface area contributed by atoms with Gasteiger partial charge < -0.3 is 10.5 Å². The topological polar surface area (TPSA) is 92.1 Å². The molecule has 0 unspecified atom stereocenters. The number of aromatic nitrogens is 3. The molecule has 0 saturated carbocycles. The van der Waals surface area contributed by atoms with Gasteiger partial charge in [0.25, 0.3) is 0 Å². The van der Waals surface area contributed by atoms with Gasteiger partial charge in [0.05, 0.1) is 11.1 Å². The number of benzene rings is 2. The monoisotopic (exact) mass is 450 g/mol. The van der Waals surface area contributed by atoms with Crippen LogP contribution in [0.4, 0.5) is 0 Å². The van der Waals surface area contributed by atoms with Crippen LogP contribution in [0.5, 0.6) is 0 Å². The second-order valence-corrected chi connectivity index (χ2v) is 8.97. The van der Waals surface area contributed by atoms with E-state index in [1.54, 1.807) is 29.3 Å². The second-order valence-electron chi connectivity index (χ2n) is 7.82. The zero-order chi connectivity index (χ0) is 22.7. The predicted molar refractivity (Wildman–Crippen MR) is 124 cm³/mol. The number of allylic oxidation sites excluding steroid dienone is 1. The van der Waals surface area contributed by atoms with Crippen LogP contribution in [0.15, 0.2) is 75.8 Å². The zero-order valence-electron chi connectivity index (χ0n) is 18.0. The molecule has 0 bridgehead atoms. The molecule has 4 rings (SSSR count). The highest BCUT2D eigenvalue weighted by atomic mass is 32.2. The van der Waals surface area contributed by atoms with Crippen molar-refractivity contribution in [2.45, 2.75) is 41.5 Å². The fraction of sp³-hybridized carbons (Fsp3) is 0.292. The minimum absolute atomic E-state index is 0.191. The summed E-state index contributed by atoms with van der Waals surface area (Å²) in [6.07, 6.45) is 2.87. The average Bonchev–Trinajstić information content (AvgIpc) is 3.09. The average molecular weight is 451 g/mol. The third kappa shape index (κ3) is 4.16. The van der Waals surface area contributed by atoms with E-state index in [-0.39, 0.29) is 11.6 Å². The van der Waals surface area contributed by atoms with Crippen LogP contribution in [0.3, 0.4) is 0 Å². The van der Waals surface area contributed by atoms with E-state index in [2.05, 4.69) is 11.7 Å². The SMILES string of the molecule is C=CCn1c(C)nn(-c2ccc(Sc3cccc(C4(C(N)=O)CCOCC4)c3)cc2)c1=O. The first kappa shape index (κ1) is 22.1. The van der Waals surface area contributed by atoms with Crippen LogP contribution in [-0.4, -0.2) is 33.5 Å². The molecule has 2 aromatic carbocycles. The van der Waals surface area contributed by atoms with Crippen molar-refractivity contribution in [2.75, 3.05) is 13.2 Å². The summed E-state index contributed by atoms with van der Waals surface area (Å²) in [5, 5.41) is 4.36. The lowest BCUT2D eigenvalue weighted by Gasteiger charge is -2.34. The Bertz CT molecular complexity index is 1190. The van der Waals surface area contributed by atoms with Crippen LogP contribution < -0.4 is 11.4 Å². The Balaban J connectivity index is 1.57. The number of primary amides is 1. The Morgan fingerprint density at radius 1 is 1.22 bits per heavy atom. The van der Waals surface area contributed by atoms with Crippen LogP contribution in [0.25, 0.3) is 5.69 Å². The number of rotatable bonds is 7. The van der Waals surface area contributed by atoms with E-state index >= 15 is 0 Å². The number of ether oxygens (including phenoxy) is 1. The highest BCUT2D eigenvalue weighted by molar-refractivity contribution is 7.99. The highest BCUT2D eigenvalue weighted by Crippen LogP contribution is 2.37. The first-order valence-corrected chi connectivity index (χ1v) is 11.3. The normalized spacial score (nSPS) is 15.4. The molecule has 32 heavy (non-hydrogen) atoms. The number of nitrogens with two attached hydrogens (primary N) is 1. The minimum Gasteiger partial charge on any atom is -0.381 e. The quantitative estimate of drug-likeness (QED) is 0.558. The number of hydrogen-bond acceptors (Lipinski definition) is 5. The standard InChI is InChI=1S/C24H26N4O3S/c1-3-13-27-17(2)26-28(23(27)30)19-7-9-20(10-8-19)32-21-6-4-5-18(16-21)24(22(25)29)11-14-31-15-12-24/h3-10,16H,1,11-15H2,2H3,(H2,25,29). The van der Waals surface area contributed by atoms with Crippen LogP contribution in [0, 0.1) is 6.92 Å². The molecule has 1 aromatic heterocycles. The van der Waals surface area contributed by atoms with E-state index in [0.29, 0.717) is 44.1 Å². The number of nitrogens with zero attached hydrogens (tertiary/aromatic N) is 3. The lowest BCUT2D eigenvalue weighted by atomic mass is 9.73. The molecule has 7 nitrogen and oxygen atoms in total. The van der Waals surface area contributed by atoms with Gasteiger partial charge in [0, 0.05) is 29.5 Å². The van der Waals surface area contributed by atoms with Gasteiger partial charge in [0.1, 0.15) is 5.82 Å². The molecule has 1 saturated heterocycles. The number of hydrogen-bond donors (Lipinski definition) is 1. The second kappa shape index (κ2) is 9.18. The Morgan fingerprint density at radius 2 is 1.94 bits per heavy atom. The minimum atomic E-state index is -0.679. The van der Waals surface area contributed by atoms with E-state index in [9.17, 15) is 9.59 Å². The van der Waals surface area contributed by atoms with Crippen molar-refractivity contribution in [1.82, 2.24) is 14.3 Å². The third-order valence-electron chi connectivity index (χ3n) is 5.88. The summed E-state index contributed by atoms with van der Waals surface area (Å²) in [7, 11) is 0. The summed E-state index contributed by atoms with van der Waals surface area (Å²) in [6.45, 7) is 6.98. The summed E-state index contributed by atoms with van der Waals surface area (Å²) < 4.78 is 8.43. The van der Waals surface area contributed by atoms with Crippen molar-refractivity contribution in [1.29, 1.82) is 0 Å². The summed E-state index contributed by atoms with van der Waals surface area (Å²) in [6, 6.07) is 15.7. The number of amides is 1. The lowest BCUT2D eigenvalue weighted by Crippen LogP contribution is -2.45. The molecule has 8 heteroatoms. The van der Waals surface area contributed by atoms with Crippen molar-refractivity contribution in [3.63, 3.8) is 0 Å². The molecule has 0 spiro atoms. The molecule has 166 valence electrons. The number of carbonyl (C=O) groups excluding carboxylic acids is 1. The van der Waals surface area contributed by atoms with Gasteiger partial charge in [0.15, 0.2) is 0 Å². The zero-order valence-corrected chi connectivity index (χ0v) is 18.8. The van der Waals surface area contributed by atoms with Crippen LogP contribution in [0.1, 0.15) is 24.2 Å². The molecule has 2 heterocycles. The summed E-state index contributed by atoms with van der Waals surface area (Å²) in [5.41, 5.74) is 6.58. The van der Waals surface area contributed by atoms with Crippen molar-refractivity contribution in [2.24, 2.45) is 5.73 Å². The van der Waals surface area contributed by atoms with E-state index in [4.69, 9.17) is 10.5 Å². The maximum absolute atomic E-state index is 12.6. The van der Waals surface area contributed by atoms with Gasteiger partial charge in [-0.15, -0.1) is 6.58 Å². The van der Waals surface area contributed by atoms with E-state index in [1.165, 1.54) is 4.68 Å². The maximum Gasteiger partial charge on any atom is 0.351 e. The van der Waals surface area contributed by atoms with Crippen LogP contribution in [-0.2, 0) is 21.5 Å². The first-order valence-electron chi connectivity index (χ1n) is 10.5. The van der Waals surface area contributed by atoms with Gasteiger partial charge in [-0.25, -0.2) is 4.79 Å². The molecule has 1 fully saturated rings. The summed E-state index contributed by atoms with van der Waals surface area (Å²) >= 11 is 1.59. The van der Waals surface area contributed by atoms with Gasteiger partial charge in [-0.3, -0.25) is 9.36 Å². The summed E-state index contributed by atoms with van der Waals surface area (Å²) in [4.78, 5) is 27.0. The molecule has 2 N–H and O–H groups in total. The van der Waals surface area contributed by atoms with Gasteiger partial charge >= 0.3 is 5.69 Å². The molecular weight excluding hydrogens is 424 g/mol. The molecule has 1 aliphatic heterocycles. The third-order valence-corrected chi connectivity index (χ3v) is 6.88. The first-order chi connectivity index (χ1) is 15.4. The highest BCUT2D eigenvalue weighted by Gasteiger charge is 2.40. The van der Waals surface area contributed by atoms with E-state index in [1.807, 2.05) is 48.5 Å². The van der Waals surface area contributed by atoms with Crippen LogP contribution >= 0.6 is 11.8 Å². The molecule has 1 amide bonds. The smallest absolute Gasteiger partial charge is 0.351 e. The Kier molecular flexibility index (Phi) is 6.34. The van der Waals surface area contributed by atoms with E-state index in [0.717, 1.165) is 15.4 Å². The summed E-state index contributed by atoms with van der Waals surface area (Å²) in [5.74, 6) is 0.339. The predicted octanol–water partition coefficient (Wildman–Crippen LogP) is 3.21. The molecular formula is C24H26N4O3S. The fourth-order valence-electron chi connectivity index (χ4n) is 4.05. The van der Waals surface area contributed by atoms with Crippen molar-refractivity contribution in [3.8, 4) is 5.69 Å². The van der Waals surface area contributed by atoms with Crippen molar-refractivity contribution < 1.29 is 9.53 Å². The Morgan fingerprint density at radius 3 is 2.59 bits per heavy atom. The van der Waals surface area contributed by atoms with Gasteiger partial charge in [-0.05, 0) is 61.7 Å². The maximum atomic E-state index is 12.6.